The van der Waals surface area contributed by atoms with Gasteiger partial charge in [-0.2, -0.15) is 0 Å². The molecule has 0 aliphatic carbocycles. The minimum absolute atomic E-state index is 0.148. The van der Waals surface area contributed by atoms with Crippen molar-refractivity contribution in [2.75, 3.05) is 12.3 Å². The maximum absolute atomic E-state index is 12.9. The van der Waals surface area contributed by atoms with E-state index in [1.165, 1.54) is 11.8 Å². The predicted octanol–water partition coefficient (Wildman–Crippen LogP) is 5.29. The molecule has 2 aromatic rings. The van der Waals surface area contributed by atoms with Gasteiger partial charge in [0.2, 0.25) is 11.8 Å². The highest BCUT2D eigenvalue weighted by Gasteiger charge is 2.26. The van der Waals surface area contributed by atoms with E-state index in [4.69, 9.17) is 34.8 Å². The van der Waals surface area contributed by atoms with Gasteiger partial charge in [0.1, 0.15) is 6.04 Å². The SMILES string of the molecule is CCNC(=O)[C@H](C)N(Cc1ccc(Cl)c(Cl)c1)C(=O)CSc1ccc(Cl)cc1. The first-order valence-electron chi connectivity index (χ1n) is 8.71. The number of nitrogens with zero attached hydrogens (tertiary/aromatic N) is 1. The largest absolute Gasteiger partial charge is 0.355 e. The summed E-state index contributed by atoms with van der Waals surface area (Å²) in [6.07, 6.45) is 0. The molecule has 2 aromatic carbocycles. The number of benzene rings is 2. The summed E-state index contributed by atoms with van der Waals surface area (Å²) >= 11 is 19.4. The Morgan fingerprint density at radius 1 is 1.07 bits per heavy atom. The standard InChI is InChI=1S/C20H21Cl3N2O2S/c1-3-24-20(27)13(2)25(11-14-4-9-17(22)18(23)10-14)19(26)12-28-16-7-5-15(21)6-8-16/h4-10,13H,3,11-12H2,1-2H3,(H,24,27)/t13-/m0/s1. The van der Waals surface area contributed by atoms with Crippen LogP contribution in [-0.2, 0) is 16.1 Å². The molecule has 0 aliphatic heterocycles. The molecule has 8 heteroatoms. The Morgan fingerprint density at radius 2 is 1.75 bits per heavy atom. The molecule has 2 amide bonds. The second-order valence-corrected chi connectivity index (χ2v) is 8.38. The summed E-state index contributed by atoms with van der Waals surface area (Å²) in [5.41, 5.74) is 0.801. The monoisotopic (exact) mass is 458 g/mol. The number of nitrogens with one attached hydrogen (secondary N) is 1. The van der Waals surface area contributed by atoms with E-state index in [0.29, 0.717) is 21.6 Å². The molecule has 0 saturated heterocycles. The summed E-state index contributed by atoms with van der Waals surface area (Å²) in [6, 6.07) is 11.8. The highest BCUT2D eigenvalue weighted by atomic mass is 35.5. The molecule has 2 rings (SSSR count). The van der Waals surface area contributed by atoms with Crippen LogP contribution >= 0.6 is 46.6 Å². The fourth-order valence-corrected chi connectivity index (χ4v) is 3.73. The summed E-state index contributed by atoms with van der Waals surface area (Å²) in [5.74, 6) is -0.149. The van der Waals surface area contributed by atoms with Gasteiger partial charge in [0.25, 0.3) is 0 Å². The van der Waals surface area contributed by atoms with Gasteiger partial charge in [0.05, 0.1) is 15.8 Å². The van der Waals surface area contributed by atoms with Crippen LogP contribution in [0.4, 0.5) is 0 Å². The first-order chi connectivity index (χ1) is 13.3. The molecular formula is C20H21Cl3N2O2S. The number of thioether (sulfide) groups is 1. The van der Waals surface area contributed by atoms with Crippen LogP contribution in [0.15, 0.2) is 47.4 Å². The van der Waals surface area contributed by atoms with Crippen molar-refractivity contribution in [1.29, 1.82) is 0 Å². The Bertz CT molecular complexity index is 831. The van der Waals surface area contributed by atoms with Crippen molar-refractivity contribution in [3.8, 4) is 0 Å². The van der Waals surface area contributed by atoms with Gasteiger partial charge >= 0.3 is 0 Å². The third-order valence-electron chi connectivity index (χ3n) is 4.03. The highest BCUT2D eigenvalue weighted by Crippen LogP contribution is 2.25. The summed E-state index contributed by atoms with van der Waals surface area (Å²) in [5, 5.41) is 4.26. The van der Waals surface area contributed by atoms with Crippen LogP contribution < -0.4 is 5.32 Å². The fourth-order valence-electron chi connectivity index (χ4n) is 2.50. The lowest BCUT2D eigenvalue weighted by molar-refractivity contribution is -0.138. The number of carbonyl (C=O) groups is 2. The zero-order valence-electron chi connectivity index (χ0n) is 15.5. The Morgan fingerprint density at radius 3 is 2.36 bits per heavy atom. The second kappa shape index (κ2) is 11.0. The van der Waals surface area contributed by atoms with E-state index in [9.17, 15) is 9.59 Å². The first-order valence-corrected chi connectivity index (χ1v) is 10.8. The van der Waals surface area contributed by atoms with Crippen LogP contribution in [0.2, 0.25) is 15.1 Å². The van der Waals surface area contributed by atoms with E-state index in [2.05, 4.69) is 5.32 Å². The average Bonchev–Trinajstić information content (AvgIpc) is 2.67. The minimum Gasteiger partial charge on any atom is -0.355 e. The molecule has 0 unspecified atom stereocenters. The van der Waals surface area contributed by atoms with Crippen molar-refractivity contribution < 1.29 is 9.59 Å². The van der Waals surface area contributed by atoms with Crippen molar-refractivity contribution in [3.63, 3.8) is 0 Å². The lowest BCUT2D eigenvalue weighted by Crippen LogP contribution is -2.48. The summed E-state index contributed by atoms with van der Waals surface area (Å²) in [7, 11) is 0. The second-order valence-electron chi connectivity index (χ2n) is 6.08. The van der Waals surface area contributed by atoms with Crippen LogP contribution in [0, 0.1) is 0 Å². The molecule has 4 nitrogen and oxygen atoms in total. The van der Waals surface area contributed by atoms with Gasteiger partial charge in [-0.15, -0.1) is 11.8 Å². The molecule has 28 heavy (non-hydrogen) atoms. The molecule has 1 atom stereocenters. The van der Waals surface area contributed by atoms with Gasteiger partial charge in [-0.3, -0.25) is 9.59 Å². The maximum atomic E-state index is 12.9. The van der Waals surface area contributed by atoms with E-state index in [-0.39, 0.29) is 24.1 Å². The van der Waals surface area contributed by atoms with Crippen LogP contribution in [0.1, 0.15) is 19.4 Å². The molecule has 0 heterocycles. The Hall–Kier alpha value is -1.40. The lowest BCUT2D eigenvalue weighted by Gasteiger charge is -2.28. The molecule has 150 valence electrons. The highest BCUT2D eigenvalue weighted by molar-refractivity contribution is 8.00. The lowest BCUT2D eigenvalue weighted by atomic mass is 10.1. The van der Waals surface area contributed by atoms with Gasteiger partial charge < -0.3 is 10.2 Å². The van der Waals surface area contributed by atoms with Gasteiger partial charge in [0.15, 0.2) is 0 Å². The Kier molecular flexibility index (Phi) is 8.96. The first kappa shape index (κ1) is 22.9. The molecule has 0 spiro atoms. The summed E-state index contributed by atoms with van der Waals surface area (Å²) in [4.78, 5) is 27.7. The number of hydrogen-bond acceptors (Lipinski definition) is 3. The molecular weight excluding hydrogens is 439 g/mol. The topological polar surface area (TPSA) is 49.4 Å². The van der Waals surface area contributed by atoms with E-state index in [1.807, 2.05) is 19.1 Å². The minimum atomic E-state index is -0.618. The predicted molar refractivity (Wildman–Crippen MR) is 117 cm³/mol. The smallest absolute Gasteiger partial charge is 0.242 e. The van der Waals surface area contributed by atoms with Gasteiger partial charge in [0, 0.05) is 23.0 Å². The van der Waals surface area contributed by atoms with Gasteiger partial charge in [-0.05, 0) is 55.8 Å². The fraction of sp³-hybridized carbons (Fsp3) is 0.300. The number of carbonyl (C=O) groups excluding carboxylic acids is 2. The molecule has 0 radical (unpaired) electrons. The van der Waals surface area contributed by atoms with Crippen LogP contribution in [-0.4, -0.2) is 35.1 Å². The molecule has 0 fully saturated rings. The zero-order chi connectivity index (χ0) is 20.7. The zero-order valence-corrected chi connectivity index (χ0v) is 18.6. The Labute approximate surface area is 184 Å². The van der Waals surface area contributed by atoms with E-state index >= 15 is 0 Å². The van der Waals surface area contributed by atoms with Crippen molar-refractivity contribution >= 4 is 58.4 Å². The average molecular weight is 460 g/mol. The number of amides is 2. The molecule has 0 aromatic heterocycles. The van der Waals surface area contributed by atoms with Crippen LogP contribution in [0.3, 0.4) is 0 Å². The van der Waals surface area contributed by atoms with Gasteiger partial charge in [-0.25, -0.2) is 0 Å². The summed E-state index contributed by atoms with van der Waals surface area (Å²) < 4.78 is 0. The van der Waals surface area contributed by atoms with Crippen molar-refractivity contribution in [2.45, 2.75) is 31.3 Å². The van der Waals surface area contributed by atoms with Gasteiger partial charge in [-0.1, -0.05) is 40.9 Å². The van der Waals surface area contributed by atoms with Crippen LogP contribution in [0.5, 0.6) is 0 Å². The van der Waals surface area contributed by atoms with E-state index in [1.54, 1.807) is 42.2 Å². The van der Waals surface area contributed by atoms with Crippen molar-refractivity contribution in [2.24, 2.45) is 0 Å². The summed E-state index contributed by atoms with van der Waals surface area (Å²) in [6.45, 7) is 4.31. The maximum Gasteiger partial charge on any atom is 0.242 e. The van der Waals surface area contributed by atoms with E-state index in [0.717, 1.165) is 10.5 Å². The molecule has 0 saturated carbocycles. The van der Waals surface area contributed by atoms with Crippen LogP contribution in [0.25, 0.3) is 0 Å². The van der Waals surface area contributed by atoms with Crippen molar-refractivity contribution in [1.82, 2.24) is 10.2 Å². The molecule has 1 N–H and O–H groups in total. The molecule has 0 bridgehead atoms. The van der Waals surface area contributed by atoms with E-state index < -0.39 is 6.04 Å². The van der Waals surface area contributed by atoms with Crippen molar-refractivity contribution in [3.05, 3.63) is 63.1 Å². The third kappa shape index (κ3) is 6.59. The number of likely N-dealkylation sites (N-methyl/N-ethyl adjacent to an activating group) is 1. The third-order valence-corrected chi connectivity index (χ3v) is 6.02. The number of rotatable bonds is 8. The quantitative estimate of drug-likeness (QED) is 0.545. The number of hydrogen-bond donors (Lipinski definition) is 1. The Balaban J connectivity index is 2.15. The molecule has 0 aliphatic rings. The normalized spacial score (nSPS) is 11.8. The number of halogens is 3.